The van der Waals surface area contributed by atoms with Crippen LogP contribution in [0.3, 0.4) is 0 Å². The number of carbonyl (C=O) groups is 1. The van der Waals surface area contributed by atoms with Crippen molar-refractivity contribution in [3.8, 4) is 23.4 Å². The fourth-order valence-corrected chi connectivity index (χ4v) is 2.69. The van der Waals surface area contributed by atoms with E-state index in [9.17, 15) is 10.1 Å². The van der Waals surface area contributed by atoms with E-state index in [1.54, 1.807) is 18.2 Å². The number of nitrogens with zero attached hydrogens (tertiary/aromatic N) is 3. The number of nitrogens with one attached hydrogen (secondary N) is 1. The number of ether oxygens (including phenoxy) is 2. The number of amides is 1. The Morgan fingerprint density at radius 2 is 1.87 bits per heavy atom. The number of hydrogen-bond acceptors (Lipinski definition) is 6. The quantitative estimate of drug-likeness (QED) is 0.597. The Morgan fingerprint density at radius 1 is 1.16 bits per heavy atom. The molecule has 0 aliphatic rings. The number of aromatic nitrogens is 1. The summed E-state index contributed by atoms with van der Waals surface area (Å²) in [4.78, 5) is 20.1. The van der Waals surface area contributed by atoms with Crippen molar-refractivity contribution in [3.05, 3.63) is 41.6 Å². The van der Waals surface area contributed by atoms with Gasteiger partial charge in [0.25, 0.3) is 0 Å². The van der Waals surface area contributed by atoms with Crippen LogP contribution < -0.4 is 14.8 Å². The third kappa shape index (κ3) is 6.54. The molecule has 164 valence electrons. The van der Waals surface area contributed by atoms with E-state index >= 15 is 0 Å². The summed E-state index contributed by atoms with van der Waals surface area (Å²) < 4.78 is 11.7. The summed E-state index contributed by atoms with van der Waals surface area (Å²) >= 11 is 0. The van der Waals surface area contributed by atoms with Gasteiger partial charge in [-0.15, -0.1) is 0 Å². The lowest BCUT2D eigenvalue weighted by molar-refractivity contribution is -0.120. The van der Waals surface area contributed by atoms with Gasteiger partial charge >= 0.3 is 0 Å². The molecule has 31 heavy (non-hydrogen) atoms. The molecule has 1 heterocycles. The van der Waals surface area contributed by atoms with E-state index in [-0.39, 0.29) is 18.1 Å². The highest BCUT2D eigenvalue weighted by molar-refractivity contribution is 5.87. The van der Waals surface area contributed by atoms with Gasteiger partial charge in [-0.1, -0.05) is 13.8 Å². The van der Waals surface area contributed by atoms with Gasteiger partial charge in [-0.3, -0.25) is 9.79 Å². The molecule has 0 saturated carbocycles. The van der Waals surface area contributed by atoms with Crippen LogP contribution in [0.15, 0.2) is 35.5 Å². The smallest absolute Gasteiger partial charge is 0.217 e. The number of hydrogen-bond donors (Lipinski definition) is 1. The second-order valence-corrected chi connectivity index (χ2v) is 7.85. The normalized spacial score (nSPS) is 13.3. The molecule has 7 nitrogen and oxygen atoms in total. The van der Waals surface area contributed by atoms with E-state index in [4.69, 9.17) is 9.47 Å². The molecule has 1 amide bonds. The minimum absolute atomic E-state index is 0.112. The molecule has 0 aliphatic heterocycles. The zero-order valence-corrected chi connectivity index (χ0v) is 19.2. The van der Waals surface area contributed by atoms with E-state index in [1.807, 2.05) is 33.8 Å². The third-order valence-electron chi connectivity index (χ3n) is 5.02. The first-order valence-electron chi connectivity index (χ1n) is 10.3. The Balaban J connectivity index is 2.16. The van der Waals surface area contributed by atoms with E-state index in [0.29, 0.717) is 28.9 Å². The van der Waals surface area contributed by atoms with Crippen molar-refractivity contribution in [3.63, 3.8) is 0 Å². The maximum absolute atomic E-state index is 11.2. The molecule has 1 aromatic heterocycles. The molecule has 2 rings (SSSR count). The summed E-state index contributed by atoms with van der Waals surface area (Å²) in [6.07, 6.45) is 1.29. The summed E-state index contributed by atoms with van der Waals surface area (Å²) in [6, 6.07) is 9.08. The van der Waals surface area contributed by atoms with Crippen LogP contribution in [0.4, 0.5) is 5.69 Å². The van der Waals surface area contributed by atoms with Crippen LogP contribution in [0.25, 0.3) is 0 Å². The minimum Gasteiger partial charge on any atom is -0.472 e. The summed E-state index contributed by atoms with van der Waals surface area (Å²) in [5, 5.41) is 12.4. The van der Waals surface area contributed by atoms with Gasteiger partial charge in [-0.25, -0.2) is 4.98 Å². The fourth-order valence-electron chi connectivity index (χ4n) is 2.69. The molecule has 0 saturated heterocycles. The van der Waals surface area contributed by atoms with Crippen molar-refractivity contribution < 1.29 is 14.3 Å². The lowest BCUT2D eigenvalue weighted by Crippen LogP contribution is -2.41. The first-order valence-corrected chi connectivity index (χ1v) is 10.3. The number of rotatable bonds is 8. The molecule has 1 unspecified atom stereocenters. The van der Waals surface area contributed by atoms with Gasteiger partial charge in [0.05, 0.1) is 23.5 Å². The number of nitriles is 1. The number of aliphatic imine (C=N–C) groups is 1. The highest BCUT2D eigenvalue weighted by Gasteiger charge is 2.16. The second kappa shape index (κ2) is 10.6. The molecule has 0 fully saturated rings. The molecular weight excluding hydrogens is 392 g/mol. The summed E-state index contributed by atoms with van der Waals surface area (Å²) in [7, 11) is 0. The van der Waals surface area contributed by atoms with Crippen molar-refractivity contribution in [2.24, 2.45) is 10.9 Å². The average molecular weight is 423 g/mol. The van der Waals surface area contributed by atoms with Crippen LogP contribution >= 0.6 is 0 Å². The van der Waals surface area contributed by atoms with E-state index in [2.05, 4.69) is 35.2 Å². The van der Waals surface area contributed by atoms with Crippen molar-refractivity contribution in [1.82, 2.24) is 10.3 Å². The first-order chi connectivity index (χ1) is 14.6. The van der Waals surface area contributed by atoms with Crippen molar-refractivity contribution in [2.75, 3.05) is 0 Å². The largest absolute Gasteiger partial charge is 0.472 e. The molecule has 0 aliphatic carbocycles. The number of pyridine rings is 1. The van der Waals surface area contributed by atoms with Gasteiger partial charge in [-0.2, -0.15) is 5.26 Å². The molecule has 1 aromatic carbocycles. The Hall–Kier alpha value is -3.40. The Labute approximate surface area is 184 Å². The van der Waals surface area contributed by atoms with Gasteiger partial charge in [0, 0.05) is 18.7 Å². The predicted molar refractivity (Wildman–Crippen MR) is 121 cm³/mol. The fraction of sp³-hybridized carbons (Fsp3) is 0.417. The summed E-state index contributed by atoms with van der Waals surface area (Å²) in [5.74, 6) is 1.57. The number of benzene rings is 1. The Bertz CT molecular complexity index is 991. The van der Waals surface area contributed by atoms with E-state index in [0.717, 1.165) is 17.0 Å². The van der Waals surface area contributed by atoms with Gasteiger partial charge in [-0.05, 0) is 57.4 Å². The second-order valence-electron chi connectivity index (χ2n) is 7.85. The maximum atomic E-state index is 11.2. The lowest BCUT2D eigenvalue weighted by atomic mass is 10.1. The first kappa shape index (κ1) is 23.9. The van der Waals surface area contributed by atoms with Gasteiger partial charge in [0.1, 0.15) is 23.7 Å². The monoisotopic (exact) mass is 422 g/mol. The van der Waals surface area contributed by atoms with Crippen molar-refractivity contribution in [1.29, 1.82) is 5.26 Å². The molecule has 0 radical (unpaired) electrons. The Morgan fingerprint density at radius 3 is 2.42 bits per heavy atom. The molecule has 1 N–H and O–H groups in total. The van der Waals surface area contributed by atoms with Crippen molar-refractivity contribution >= 4 is 17.3 Å². The van der Waals surface area contributed by atoms with E-state index in [1.165, 1.54) is 13.1 Å². The molecule has 2 atom stereocenters. The van der Waals surface area contributed by atoms with Gasteiger partial charge in [0.2, 0.25) is 11.8 Å². The van der Waals surface area contributed by atoms with Crippen LogP contribution in [-0.2, 0) is 4.79 Å². The topological polar surface area (TPSA) is 96.6 Å². The van der Waals surface area contributed by atoms with Crippen LogP contribution in [0, 0.1) is 24.2 Å². The molecule has 2 aromatic rings. The Kier molecular flexibility index (Phi) is 8.14. The summed E-state index contributed by atoms with van der Waals surface area (Å²) in [6.45, 7) is 13.2. The minimum atomic E-state index is -0.251. The van der Waals surface area contributed by atoms with Crippen LogP contribution in [0.5, 0.6) is 17.4 Å². The maximum Gasteiger partial charge on any atom is 0.217 e. The van der Waals surface area contributed by atoms with Crippen LogP contribution in [0.1, 0.15) is 52.7 Å². The van der Waals surface area contributed by atoms with Crippen molar-refractivity contribution in [2.45, 2.75) is 60.6 Å². The predicted octanol–water partition coefficient (Wildman–Crippen LogP) is 5.09. The third-order valence-corrected chi connectivity index (χ3v) is 5.02. The van der Waals surface area contributed by atoms with E-state index < -0.39 is 0 Å². The highest BCUT2D eigenvalue weighted by Crippen LogP contribution is 2.33. The molecule has 0 spiro atoms. The average Bonchev–Trinajstić information content (AvgIpc) is 2.71. The zero-order valence-electron chi connectivity index (χ0n) is 19.2. The highest BCUT2D eigenvalue weighted by atomic mass is 16.5. The zero-order chi connectivity index (χ0) is 23.1. The van der Waals surface area contributed by atoms with Crippen LogP contribution in [-0.4, -0.2) is 28.7 Å². The molecule has 0 bridgehead atoms. The molecular formula is C24H30N4O3. The SMILES string of the molecule is CC(=O)N[C@@H](C)C(C)Oc1ccc(Oc2ccc(N=C(C)C(C)C)c(C)c2C#N)cn1. The molecule has 7 heteroatoms. The van der Waals surface area contributed by atoms with Gasteiger partial charge in [0.15, 0.2) is 0 Å². The summed E-state index contributed by atoms with van der Waals surface area (Å²) in [5.41, 5.74) is 2.98. The standard InChI is InChI=1S/C24H30N4O3/c1-14(2)16(4)28-22-9-10-23(21(12-25)15(22)3)31-20-8-11-24(26-13-20)30-18(6)17(5)27-19(7)29/h8-11,13-14,17-18H,1-7H3,(H,27,29)/t17-,18?/m0/s1. The van der Waals surface area contributed by atoms with Crippen LogP contribution in [0.2, 0.25) is 0 Å². The van der Waals surface area contributed by atoms with Gasteiger partial charge < -0.3 is 14.8 Å². The number of carbonyl (C=O) groups excluding carboxylic acids is 1. The lowest BCUT2D eigenvalue weighted by Gasteiger charge is -2.21.